The van der Waals surface area contributed by atoms with E-state index < -0.39 is 6.09 Å². The molecule has 0 heterocycles. The lowest BCUT2D eigenvalue weighted by atomic mass is 10.2. The van der Waals surface area contributed by atoms with E-state index in [1.807, 2.05) is 27.7 Å². The summed E-state index contributed by atoms with van der Waals surface area (Å²) in [7, 11) is 0. The zero-order valence-corrected chi connectivity index (χ0v) is 12.4. The molecule has 0 radical (unpaired) electrons. The Morgan fingerprint density at radius 1 is 1.35 bits per heavy atom. The molecule has 0 aliphatic rings. The maximum Gasteiger partial charge on any atom is 0.411 e. The Morgan fingerprint density at radius 2 is 2.05 bits per heavy atom. The predicted octanol–water partition coefficient (Wildman–Crippen LogP) is 3.68. The van der Waals surface area contributed by atoms with Gasteiger partial charge >= 0.3 is 6.09 Å². The highest BCUT2D eigenvalue weighted by molar-refractivity contribution is 5.88. The summed E-state index contributed by atoms with van der Waals surface area (Å²) in [6.45, 7) is 8.15. The average Bonchev–Trinajstić information content (AvgIpc) is 2.37. The van der Waals surface area contributed by atoms with Crippen LogP contribution >= 0.6 is 0 Å². The number of amides is 1. The fourth-order valence-electron chi connectivity index (χ4n) is 1.50. The van der Waals surface area contributed by atoms with Crippen LogP contribution in [0.15, 0.2) is 18.2 Å². The fraction of sp³-hybridized carbons (Fsp3) is 0.467. The lowest BCUT2D eigenvalue weighted by molar-refractivity contribution is 0.147. The van der Waals surface area contributed by atoms with Crippen LogP contribution in [0.1, 0.15) is 33.3 Å². The molecule has 0 atom stereocenters. The second-order valence-electron chi connectivity index (χ2n) is 5.18. The van der Waals surface area contributed by atoms with E-state index in [1.54, 1.807) is 18.2 Å². The van der Waals surface area contributed by atoms with Crippen LogP contribution in [0, 0.1) is 11.3 Å². The van der Waals surface area contributed by atoms with Crippen LogP contribution in [0.4, 0.5) is 10.5 Å². The van der Waals surface area contributed by atoms with Crippen molar-refractivity contribution in [2.75, 3.05) is 11.9 Å². The summed E-state index contributed by atoms with van der Waals surface area (Å²) in [5.74, 6) is 0.913. The SMILES string of the molecule is CC(C)COC(=O)Nc1ccc(OC(C)C)c(C=N)c1. The van der Waals surface area contributed by atoms with Crippen LogP contribution in [0.3, 0.4) is 0 Å². The van der Waals surface area contributed by atoms with E-state index in [4.69, 9.17) is 14.9 Å². The van der Waals surface area contributed by atoms with Gasteiger partial charge in [-0.2, -0.15) is 0 Å². The molecular weight excluding hydrogens is 256 g/mol. The van der Waals surface area contributed by atoms with Crippen molar-refractivity contribution in [3.05, 3.63) is 23.8 Å². The lowest BCUT2D eigenvalue weighted by Crippen LogP contribution is -2.16. The second kappa shape index (κ2) is 7.53. The highest BCUT2D eigenvalue weighted by atomic mass is 16.5. The Balaban J connectivity index is 2.72. The Hall–Kier alpha value is -2.04. The zero-order chi connectivity index (χ0) is 15.1. The number of carbonyl (C=O) groups excluding carboxylic acids is 1. The van der Waals surface area contributed by atoms with E-state index in [1.165, 1.54) is 6.21 Å². The number of ether oxygens (including phenoxy) is 2. The molecule has 1 aromatic carbocycles. The number of carbonyl (C=O) groups is 1. The Kier molecular flexibility index (Phi) is 6.03. The largest absolute Gasteiger partial charge is 0.490 e. The van der Waals surface area contributed by atoms with Crippen molar-refractivity contribution in [3.63, 3.8) is 0 Å². The molecule has 5 nitrogen and oxygen atoms in total. The highest BCUT2D eigenvalue weighted by Gasteiger charge is 2.08. The molecule has 0 spiro atoms. The highest BCUT2D eigenvalue weighted by Crippen LogP contribution is 2.22. The first-order valence-corrected chi connectivity index (χ1v) is 6.67. The summed E-state index contributed by atoms with van der Waals surface area (Å²) in [4.78, 5) is 11.6. The molecule has 0 saturated heterocycles. The number of anilines is 1. The van der Waals surface area contributed by atoms with Gasteiger partial charge in [0, 0.05) is 17.5 Å². The minimum absolute atomic E-state index is 0.0310. The van der Waals surface area contributed by atoms with Gasteiger partial charge in [0.05, 0.1) is 12.7 Å². The van der Waals surface area contributed by atoms with Crippen molar-refractivity contribution in [1.82, 2.24) is 0 Å². The third-order valence-corrected chi connectivity index (χ3v) is 2.32. The van der Waals surface area contributed by atoms with Crippen molar-refractivity contribution in [1.29, 1.82) is 5.41 Å². The van der Waals surface area contributed by atoms with E-state index >= 15 is 0 Å². The molecule has 2 N–H and O–H groups in total. The molecule has 0 saturated carbocycles. The van der Waals surface area contributed by atoms with Crippen LogP contribution < -0.4 is 10.1 Å². The summed E-state index contributed by atoms with van der Waals surface area (Å²) in [6, 6.07) is 5.14. The third-order valence-electron chi connectivity index (χ3n) is 2.32. The van der Waals surface area contributed by atoms with E-state index in [-0.39, 0.29) is 6.10 Å². The molecule has 110 valence electrons. The van der Waals surface area contributed by atoms with Crippen molar-refractivity contribution in [2.24, 2.45) is 5.92 Å². The van der Waals surface area contributed by atoms with Gasteiger partial charge in [0.2, 0.25) is 0 Å². The van der Waals surface area contributed by atoms with Gasteiger partial charge in [-0.3, -0.25) is 5.32 Å². The van der Waals surface area contributed by atoms with Crippen LogP contribution in [0.25, 0.3) is 0 Å². The minimum atomic E-state index is -0.493. The summed E-state index contributed by atoms with van der Waals surface area (Å²) in [6.07, 6.45) is 0.734. The fourth-order valence-corrected chi connectivity index (χ4v) is 1.50. The van der Waals surface area contributed by atoms with Gasteiger partial charge in [-0.25, -0.2) is 4.79 Å². The van der Waals surface area contributed by atoms with Gasteiger partial charge in [0.25, 0.3) is 0 Å². The van der Waals surface area contributed by atoms with E-state index in [9.17, 15) is 4.79 Å². The van der Waals surface area contributed by atoms with Gasteiger partial charge in [-0.1, -0.05) is 13.8 Å². The molecule has 20 heavy (non-hydrogen) atoms. The zero-order valence-electron chi connectivity index (χ0n) is 12.4. The lowest BCUT2D eigenvalue weighted by Gasteiger charge is -2.14. The third kappa shape index (κ3) is 5.30. The number of benzene rings is 1. The average molecular weight is 278 g/mol. The molecule has 0 aliphatic carbocycles. The van der Waals surface area contributed by atoms with Crippen LogP contribution in [0.5, 0.6) is 5.75 Å². The molecule has 0 unspecified atom stereocenters. The van der Waals surface area contributed by atoms with Crippen LogP contribution in [-0.2, 0) is 4.74 Å². The summed E-state index contributed by atoms with van der Waals surface area (Å²) in [5.41, 5.74) is 1.19. The smallest absolute Gasteiger partial charge is 0.411 e. The summed E-state index contributed by atoms with van der Waals surface area (Å²) >= 11 is 0. The van der Waals surface area contributed by atoms with Gasteiger partial charge in [0.15, 0.2) is 0 Å². The van der Waals surface area contributed by atoms with Crippen molar-refractivity contribution in [2.45, 2.75) is 33.8 Å². The molecular formula is C15H22N2O3. The van der Waals surface area contributed by atoms with Crippen LogP contribution in [0.2, 0.25) is 0 Å². The molecule has 1 rings (SSSR count). The number of hydrogen-bond acceptors (Lipinski definition) is 4. The first kappa shape index (κ1) is 16.0. The normalized spacial score (nSPS) is 10.5. The molecule has 5 heteroatoms. The Bertz CT molecular complexity index is 470. The summed E-state index contributed by atoms with van der Waals surface area (Å²) in [5, 5.41) is 10.0. The minimum Gasteiger partial charge on any atom is -0.490 e. The second-order valence-corrected chi connectivity index (χ2v) is 5.18. The standard InChI is InChI=1S/C15H22N2O3/c1-10(2)9-19-15(18)17-13-5-6-14(20-11(3)4)12(7-13)8-16/h5-8,10-11,16H,9H2,1-4H3,(H,17,18). The Morgan fingerprint density at radius 3 is 2.60 bits per heavy atom. The quantitative estimate of drug-likeness (QED) is 0.780. The number of nitrogens with one attached hydrogen (secondary N) is 2. The van der Waals surface area contributed by atoms with Gasteiger partial charge in [-0.15, -0.1) is 0 Å². The van der Waals surface area contributed by atoms with Gasteiger partial charge in [0.1, 0.15) is 5.75 Å². The Labute approximate surface area is 119 Å². The number of rotatable bonds is 6. The molecule has 0 bridgehead atoms. The topological polar surface area (TPSA) is 71.4 Å². The van der Waals surface area contributed by atoms with E-state index in [0.717, 1.165) is 0 Å². The maximum absolute atomic E-state index is 11.6. The first-order chi connectivity index (χ1) is 9.42. The van der Waals surface area contributed by atoms with E-state index in [0.29, 0.717) is 29.5 Å². The molecule has 0 aliphatic heterocycles. The van der Waals surface area contributed by atoms with Crippen molar-refractivity contribution in [3.8, 4) is 5.75 Å². The maximum atomic E-state index is 11.6. The van der Waals surface area contributed by atoms with E-state index in [2.05, 4.69) is 5.32 Å². The molecule has 1 amide bonds. The molecule has 0 fully saturated rings. The number of hydrogen-bond donors (Lipinski definition) is 2. The van der Waals surface area contributed by atoms with Crippen molar-refractivity contribution >= 4 is 18.0 Å². The predicted molar refractivity (Wildman–Crippen MR) is 79.9 cm³/mol. The van der Waals surface area contributed by atoms with Crippen molar-refractivity contribution < 1.29 is 14.3 Å². The van der Waals surface area contributed by atoms with Gasteiger partial charge < -0.3 is 14.9 Å². The van der Waals surface area contributed by atoms with Crippen LogP contribution in [-0.4, -0.2) is 25.0 Å². The first-order valence-electron chi connectivity index (χ1n) is 6.67. The molecule has 1 aromatic rings. The molecule has 0 aromatic heterocycles. The van der Waals surface area contributed by atoms with Gasteiger partial charge in [-0.05, 0) is 38.0 Å². The summed E-state index contributed by atoms with van der Waals surface area (Å²) < 4.78 is 10.6. The monoisotopic (exact) mass is 278 g/mol.